The maximum absolute atomic E-state index is 5.97. The Labute approximate surface area is 146 Å². The molecule has 0 saturated carbocycles. The summed E-state index contributed by atoms with van der Waals surface area (Å²) >= 11 is 0. The standard InChI is InChI=1S/C24H16O/c1-2-8-23(9-3-1)25-24-11-10-19-14-20-12-17-6-4-5-7-18(17)13-21(20)15-22(19)16-24/h1-16H. The van der Waals surface area contributed by atoms with Crippen molar-refractivity contribution in [2.75, 3.05) is 0 Å². The van der Waals surface area contributed by atoms with Crippen LogP contribution in [0.2, 0.25) is 0 Å². The average molecular weight is 320 g/mol. The molecule has 1 heteroatoms. The minimum atomic E-state index is 0.855. The molecule has 0 fully saturated rings. The van der Waals surface area contributed by atoms with Crippen molar-refractivity contribution in [3.8, 4) is 11.5 Å². The first-order valence-corrected chi connectivity index (χ1v) is 8.44. The summed E-state index contributed by atoms with van der Waals surface area (Å²) in [4.78, 5) is 0. The summed E-state index contributed by atoms with van der Waals surface area (Å²) in [6.45, 7) is 0. The van der Waals surface area contributed by atoms with Gasteiger partial charge in [-0.05, 0) is 80.8 Å². The SMILES string of the molecule is c1ccc(Oc2ccc3cc4cc5ccccc5cc4cc3c2)cc1. The summed E-state index contributed by atoms with van der Waals surface area (Å²) in [5, 5.41) is 7.48. The van der Waals surface area contributed by atoms with E-state index in [9.17, 15) is 0 Å². The molecule has 0 aromatic heterocycles. The summed E-state index contributed by atoms with van der Waals surface area (Å²) in [6.07, 6.45) is 0. The van der Waals surface area contributed by atoms with Crippen molar-refractivity contribution in [1.29, 1.82) is 0 Å². The minimum absolute atomic E-state index is 0.855. The van der Waals surface area contributed by atoms with E-state index in [1.807, 2.05) is 36.4 Å². The number of para-hydroxylation sites is 1. The highest BCUT2D eigenvalue weighted by atomic mass is 16.5. The Bertz CT molecular complexity index is 1210. The molecule has 0 spiro atoms. The molecule has 5 rings (SSSR count). The van der Waals surface area contributed by atoms with Gasteiger partial charge in [-0.25, -0.2) is 0 Å². The Kier molecular flexibility index (Phi) is 3.17. The summed E-state index contributed by atoms with van der Waals surface area (Å²) in [6, 6.07) is 33.7. The first-order valence-electron chi connectivity index (χ1n) is 8.44. The van der Waals surface area contributed by atoms with E-state index in [4.69, 9.17) is 4.74 Å². The van der Waals surface area contributed by atoms with Crippen LogP contribution in [0.5, 0.6) is 11.5 Å². The van der Waals surface area contributed by atoms with Crippen LogP contribution in [-0.4, -0.2) is 0 Å². The quantitative estimate of drug-likeness (QED) is 0.320. The van der Waals surface area contributed by atoms with Crippen molar-refractivity contribution >= 4 is 32.3 Å². The van der Waals surface area contributed by atoms with Crippen LogP contribution in [0.1, 0.15) is 0 Å². The minimum Gasteiger partial charge on any atom is -0.457 e. The van der Waals surface area contributed by atoms with E-state index in [1.165, 1.54) is 32.3 Å². The number of ether oxygens (including phenoxy) is 1. The number of benzene rings is 5. The molecule has 5 aromatic rings. The van der Waals surface area contributed by atoms with Gasteiger partial charge in [0, 0.05) is 0 Å². The van der Waals surface area contributed by atoms with E-state index < -0.39 is 0 Å². The van der Waals surface area contributed by atoms with Crippen molar-refractivity contribution in [1.82, 2.24) is 0 Å². The van der Waals surface area contributed by atoms with Crippen LogP contribution in [0, 0.1) is 0 Å². The van der Waals surface area contributed by atoms with Gasteiger partial charge in [-0.15, -0.1) is 0 Å². The molecule has 0 radical (unpaired) electrons. The largest absolute Gasteiger partial charge is 0.457 e. The molecular formula is C24H16O. The predicted octanol–water partition coefficient (Wildman–Crippen LogP) is 6.94. The first kappa shape index (κ1) is 14.1. The summed E-state index contributed by atoms with van der Waals surface area (Å²) in [7, 11) is 0. The van der Waals surface area contributed by atoms with Gasteiger partial charge in [0.25, 0.3) is 0 Å². The van der Waals surface area contributed by atoms with Crippen molar-refractivity contribution in [3.63, 3.8) is 0 Å². The number of rotatable bonds is 2. The Hall–Kier alpha value is -3.32. The highest BCUT2D eigenvalue weighted by Gasteiger charge is 2.03. The molecule has 0 aliphatic rings. The van der Waals surface area contributed by atoms with Gasteiger partial charge in [0.15, 0.2) is 0 Å². The zero-order chi connectivity index (χ0) is 16.6. The van der Waals surface area contributed by atoms with Gasteiger partial charge >= 0.3 is 0 Å². The van der Waals surface area contributed by atoms with Crippen molar-refractivity contribution in [3.05, 3.63) is 97.1 Å². The highest BCUT2D eigenvalue weighted by molar-refractivity contribution is 6.04. The van der Waals surface area contributed by atoms with E-state index in [1.54, 1.807) is 0 Å². The monoisotopic (exact) mass is 320 g/mol. The van der Waals surface area contributed by atoms with E-state index in [0.29, 0.717) is 0 Å². The van der Waals surface area contributed by atoms with Crippen molar-refractivity contribution in [2.45, 2.75) is 0 Å². The number of hydrogen-bond acceptors (Lipinski definition) is 1. The zero-order valence-corrected chi connectivity index (χ0v) is 13.6. The van der Waals surface area contributed by atoms with E-state index >= 15 is 0 Å². The van der Waals surface area contributed by atoms with Gasteiger partial charge in [-0.2, -0.15) is 0 Å². The molecule has 0 bridgehead atoms. The molecule has 5 aromatic carbocycles. The topological polar surface area (TPSA) is 9.23 Å². The molecule has 0 N–H and O–H groups in total. The Morgan fingerprint density at radius 2 is 0.880 bits per heavy atom. The maximum atomic E-state index is 5.97. The molecule has 0 saturated heterocycles. The Balaban J connectivity index is 1.65. The van der Waals surface area contributed by atoms with Crippen LogP contribution in [0.25, 0.3) is 32.3 Å². The molecule has 0 atom stereocenters. The van der Waals surface area contributed by atoms with Crippen LogP contribution >= 0.6 is 0 Å². The Morgan fingerprint density at radius 1 is 0.360 bits per heavy atom. The number of fused-ring (bicyclic) bond motifs is 3. The molecule has 118 valence electrons. The fourth-order valence-electron chi connectivity index (χ4n) is 3.36. The average Bonchev–Trinajstić information content (AvgIpc) is 2.65. The lowest BCUT2D eigenvalue weighted by Crippen LogP contribution is -1.84. The molecule has 0 heterocycles. The Morgan fingerprint density at radius 3 is 1.56 bits per heavy atom. The second kappa shape index (κ2) is 5.64. The normalized spacial score (nSPS) is 11.2. The molecular weight excluding hydrogens is 304 g/mol. The molecule has 0 unspecified atom stereocenters. The fraction of sp³-hybridized carbons (Fsp3) is 0. The van der Waals surface area contributed by atoms with Crippen molar-refractivity contribution < 1.29 is 4.74 Å². The van der Waals surface area contributed by atoms with E-state index in [2.05, 4.69) is 60.7 Å². The zero-order valence-electron chi connectivity index (χ0n) is 13.6. The lowest BCUT2D eigenvalue weighted by molar-refractivity contribution is 0.483. The third-order valence-electron chi connectivity index (χ3n) is 4.61. The van der Waals surface area contributed by atoms with Gasteiger partial charge < -0.3 is 4.74 Å². The van der Waals surface area contributed by atoms with Gasteiger partial charge in [0.2, 0.25) is 0 Å². The van der Waals surface area contributed by atoms with Crippen LogP contribution < -0.4 is 4.74 Å². The van der Waals surface area contributed by atoms with Crippen LogP contribution in [0.15, 0.2) is 97.1 Å². The highest BCUT2D eigenvalue weighted by Crippen LogP contribution is 2.30. The van der Waals surface area contributed by atoms with Crippen LogP contribution in [0.4, 0.5) is 0 Å². The third kappa shape index (κ3) is 2.60. The van der Waals surface area contributed by atoms with Crippen LogP contribution in [0.3, 0.4) is 0 Å². The van der Waals surface area contributed by atoms with E-state index in [-0.39, 0.29) is 0 Å². The predicted molar refractivity (Wildman–Crippen MR) is 105 cm³/mol. The molecule has 0 aliphatic carbocycles. The van der Waals surface area contributed by atoms with Gasteiger partial charge in [-0.1, -0.05) is 48.5 Å². The van der Waals surface area contributed by atoms with Crippen LogP contribution in [-0.2, 0) is 0 Å². The number of hydrogen-bond donors (Lipinski definition) is 0. The molecule has 0 aliphatic heterocycles. The second-order valence-electron chi connectivity index (χ2n) is 6.32. The lowest BCUT2D eigenvalue weighted by Gasteiger charge is -2.08. The maximum Gasteiger partial charge on any atom is 0.128 e. The van der Waals surface area contributed by atoms with Gasteiger partial charge in [0.1, 0.15) is 11.5 Å². The smallest absolute Gasteiger partial charge is 0.128 e. The van der Waals surface area contributed by atoms with Gasteiger partial charge in [-0.3, -0.25) is 0 Å². The second-order valence-corrected chi connectivity index (χ2v) is 6.32. The molecule has 1 nitrogen and oxygen atoms in total. The van der Waals surface area contributed by atoms with E-state index in [0.717, 1.165) is 11.5 Å². The van der Waals surface area contributed by atoms with Gasteiger partial charge in [0.05, 0.1) is 0 Å². The summed E-state index contributed by atoms with van der Waals surface area (Å²) < 4.78 is 5.97. The first-order chi connectivity index (χ1) is 12.3. The summed E-state index contributed by atoms with van der Waals surface area (Å²) in [5.41, 5.74) is 0. The molecule has 0 amide bonds. The molecule has 25 heavy (non-hydrogen) atoms. The lowest BCUT2D eigenvalue weighted by atomic mass is 10.00. The van der Waals surface area contributed by atoms with Crippen molar-refractivity contribution in [2.24, 2.45) is 0 Å². The summed E-state index contributed by atoms with van der Waals surface area (Å²) in [5.74, 6) is 1.72. The fourth-order valence-corrected chi connectivity index (χ4v) is 3.36. The third-order valence-corrected chi connectivity index (χ3v) is 4.61.